The SMILES string of the molecule is Cc1ccc(NC(=O)Cn2c(C)cc(-c3nnc(C)o3)c2C)c(C)c1. The van der Waals surface area contributed by atoms with Gasteiger partial charge in [-0.05, 0) is 45.4 Å². The van der Waals surface area contributed by atoms with Crippen LogP contribution in [-0.4, -0.2) is 20.7 Å². The molecule has 3 aromatic rings. The van der Waals surface area contributed by atoms with Crippen molar-refractivity contribution < 1.29 is 9.21 Å². The van der Waals surface area contributed by atoms with Crippen molar-refractivity contribution in [1.82, 2.24) is 14.8 Å². The van der Waals surface area contributed by atoms with Gasteiger partial charge in [0, 0.05) is 24.0 Å². The molecule has 0 fully saturated rings. The molecule has 0 spiro atoms. The highest BCUT2D eigenvalue weighted by atomic mass is 16.4. The van der Waals surface area contributed by atoms with Crippen molar-refractivity contribution in [2.75, 3.05) is 5.32 Å². The lowest BCUT2D eigenvalue weighted by atomic mass is 10.1. The normalized spacial score (nSPS) is 10.9. The molecule has 1 amide bonds. The molecule has 0 aliphatic heterocycles. The molecule has 2 heterocycles. The molecule has 3 rings (SSSR count). The van der Waals surface area contributed by atoms with Crippen LogP contribution < -0.4 is 5.32 Å². The predicted molar refractivity (Wildman–Crippen MR) is 96.5 cm³/mol. The van der Waals surface area contributed by atoms with Crippen molar-refractivity contribution in [2.45, 2.75) is 41.2 Å². The Morgan fingerprint density at radius 2 is 1.88 bits per heavy atom. The van der Waals surface area contributed by atoms with Gasteiger partial charge in [-0.15, -0.1) is 10.2 Å². The fraction of sp³-hybridized carbons (Fsp3) is 0.316. The summed E-state index contributed by atoms with van der Waals surface area (Å²) >= 11 is 0. The smallest absolute Gasteiger partial charge is 0.249 e. The molecule has 1 N–H and O–H groups in total. The fourth-order valence-corrected chi connectivity index (χ4v) is 2.95. The van der Waals surface area contributed by atoms with Crippen LogP contribution in [0.2, 0.25) is 0 Å². The summed E-state index contributed by atoms with van der Waals surface area (Å²) in [6.45, 7) is 9.93. The van der Waals surface area contributed by atoms with Gasteiger partial charge in [0.05, 0.1) is 5.56 Å². The fourth-order valence-electron chi connectivity index (χ4n) is 2.95. The summed E-state index contributed by atoms with van der Waals surface area (Å²) in [6.07, 6.45) is 0. The Bertz CT molecular complexity index is 937. The van der Waals surface area contributed by atoms with E-state index in [0.717, 1.165) is 28.2 Å². The van der Waals surface area contributed by atoms with Gasteiger partial charge in [-0.2, -0.15) is 0 Å². The predicted octanol–water partition coefficient (Wildman–Crippen LogP) is 3.72. The first kappa shape index (κ1) is 17.0. The van der Waals surface area contributed by atoms with Gasteiger partial charge < -0.3 is 14.3 Å². The molecule has 6 heteroatoms. The van der Waals surface area contributed by atoms with E-state index in [9.17, 15) is 4.79 Å². The van der Waals surface area contributed by atoms with Gasteiger partial charge in [0.25, 0.3) is 0 Å². The molecule has 0 bridgehead atoms. The minimum Gasteiger partial charge on any atom is -0.421 e. The Hall–Kier alpha value is -2.89. The van der Waals surface area contributed by atoms with Gasteiger partial charge in [-0.1, -0.05) is 17.7 Å². The molecule has 0 radical (unpaired) electrons. The molecule has 2 aromatic heterocycles. The van der Waals surface area contributed by atoms with Crippen LogP contribution in [0.1, 0.15) is 28.4 Å². The summed E-state index contributed by atoms with van der Waals surface area (Å²) < 4.78 is 7.46. The van der Waals surface area contributed by atoms with E-state index < -0.39 is 0 Å². The number of nitrogens with one attached hydrogen (secondary N) is 1. The average Bonchev–Trinajstić information content (AvgIpc) is 3.08. The molecular formula is C19H22N4O2. The minimum atomic E-state index is -0.0676. The Morgan fingerprint density at radius 1 is 1.12 bits per heavy atom. The first-order chi connectivity index (χ1) is 11.8. The number of aromatic nitrogens is 3. The summed E-state index contributed by atoms with van der Waals surface area (Å²) in [5, 5.41) is 10.9. The molecule has 0 saturated carbocycles. The number of rotatable bonds is 4. The van der Waals surface area contributed by atoms with Gasteiger partial charge in [-0.3, -0.25) is 4.79 Å². The monoisotopic (exact) mass is 338 g/mol. The van der Waals surface area contributed by atoms with E-state index in [1.54, 1.807) is 6.92 Å². The van der Waals surface area contributed by atoms with Gasteiger partial charge in [0.1, 0.15) is 6.54 Å². The van der Waals surface area contributed by atoms with E-state index >= 15 is 0 Å². The summed E-state index contributed by atoms with van der Waals surface area (Å²) in [5.41, 5.74) is 5.82. The number of carbonyl (C=O) groups excluding carboxylic acids is 1. The summed E-state index contributed by atoms with van der Waals surface area (Å²) in [7, 11) is 0. The summed E-state index contributed by atoms with van der Waals surface area (Å²) in [4.78, 5) is 12.5. The highest BCUT2D eigenvalue weighted by molar-refractivity contribution is 5.91. The van der Waals surface area contributed by atoms with Gasteiger partial charge in [-0.25, -0.2) is 0 Å². The zero-order chi connectivity index (χ0) is 18.1. The van der Waals surface area contributed by atoms with Crippen LogP contribution in [0.25, 0.3) is 11.5 Å². The van der Waals surface area contributed by atoms with Crippen molar-refractivity contribution in [3.63, 3.8) is 0 Å². The maximum absolute atomic E-state index is 12.5. The molecule has 0 aliphatic carbocycles. The van der Waals surface area contributed by atoms with Gasteiger partial charge in [0.2, 0.25) is 17.7 Å². The summed E-state index contributed by atoms with van der Waals surface area (Å²) in [5.74, 6) is 0.932. The highest BCUT2D eigenvalue weighted by Gasteiger charge is 2.17. The van der Waals surface area contributed by atoms with E-state index in [1.807, 2.05) is 50.5 Å². The molecule has 25 heavy (non-hydrogen) atoms. The highest BCUT2D eigenvalue weighted by Crippen LogP contribution is 2.26. The third kappa shape index (κ3) is 3.47. The van der Waals surface area contributed by atoms with Crippen LogP contribution in [-0.2, 0) is 11.3 Å². The van der Waals surface area contributed by atoms with E-state index in [2.05, 4.69) is 21.6 Å². The van der Waals surface area contributed by atoms with Crippen LogP contribution >= 0.6 is 0 Å². The minimum absolute atomic E-state index is 0.0676. The molecule has 0 unspecified atom stereocenters. The lowest BCUT2D eigenvalue weighted by Crippen LogP contribution is -2.20. The maximum Gasteiger partial charge on any atom is 0.249 e. The van der Waals surface area contributed by atoms with Gasteiger partial charge in [0.15, 0.2) is 0 Å². The van der Waals surface area contributed by atoms with Gasteiger partial charge >= 0.3 is 0 Å². The topological polar surface area (TPSA) is 73.0 Å². The quantitative estimate of drug-likeness (QED) is 0.787. The van der Waals surface area contributed by atoms with Crippen molar-refractivity contribution in [3.05, 3.63) is 52.7 Å². The second-order valence-corrected chi connectivity index (χ2v) is 6.36. The molecule has 130 valence electrons. The lowest BCUT2D eigenvalue weighted by Gasteiger charge is -2.12. The number of hydrogen-bond acceptors (Lipinski definition) is 4. The van der Waals surface area contributed by atoms with Crippen LogP contribution in [0, 0.1) is 34.6 Å². The van der Waals surface area contributed by atoms with Crippen LogP contribution in [0.4, 0.5) is 5.69 Å². The Kier molecular flexibility index (Phi) is 4.44. The van der Waals surface area contributed by atoms with Crippen LogP contribution in [0.3, 0.4) is 0 Å². The van der Waals surface area contributed by atoms with E-state index in [1.165, 1.54) is 5.56 Å². The van der Waals surface area contributed by atoms with E-state index in [0.29, 0.717) is 11.8 Å². The molecule has 6 nitrogen and oxygen atoms in total. The Morgan fingerprint density at radius 3 is 2.52 bits per heavy atom. The average molecular weight is 338 g/mol. The van der Waals surface area contributed by atoms with Crippen LogP contribution in [0.5, 0.6) is 0 Å². The number of hydrogen-bond donors (Lipinski definition) is 1. The van der Waals surface area contributed by atoms with Crippen molar-refractivity contribution in [1.29, 1.82) is 0 Å². The first-order valence-corrected chi connectivity index (χ1v) is 8.19. The van der Waals surface area contributed by atoms with Crippen molar-refractivity contribution in [3.8, 4) is 11.5 Å². The molecule has 0 atom stereocenters. The number of benzene rings is 1. The number of aryl methyl sites for hydroxylation is 4. The number of carbonyl (C=O) groups is 1. The first-order valence-electron chi connectivity index (χ1n) is 8.19. The second-order valence-electron chi connectivity index (χ2n) is 6.36. The Balaban J connectivity index is 1.81. The Labute approximate surface area is 146 Å². The standard InChI is InChI=1S/C19H22N4O2/c1-11-6-7-17(12(2)8-11)20-18(24)10-23-13(3)9-16(14(23)4)19-22-21-15(5)25-19/h6-9H,10H2,1-5H3,(H,20,24). The zero-order valence-corrected chi connectivity index (χ0v) is 15.2. The zero-order valence-electron chi connectivity index (χ0n) is 15.2. The maximum atomic E-state index is 12.5. The third-order valence-corrected chi connectivity index (χ3v) is 4.29. The number of nitrogens with zero attached hydrogens (tertiary/aromatic N) is 3. The molecule has 1 aromatic carbocycles. The lowest BCUT2D eigenvalue weighted by molar-refractivity contribution is -0.116. The van der Waals surface area contributed by atoms with Crippen molar-refractivity contribution in [2.24, 2.45) is 0 Å². The van der Waals surface area contributed by atoms with E-state index in [-0.39, 0.29) is 12.5 Å². The van der Waals surface area contributed by atoms with Crippen molar-refractivity contribution >= 4 is 11.6 Å². The molecule has 0 aliphatic rings. The van der Waals surface area contributed by atoms with E-state index in [4.69, 9.17) is 4.42 Å². The summed E-state index contributed by atoms with van der Waals surface area (Å²) in [6, 6.07) is 7.94. The second kappa shape index (κ2) is 6.55. The number of anilines is 1. The largest absolute Gasteiger partial charge is 0.421 e. The third-order valence-electron chi connectivity index (χ3n) is 4.29. The number of amides is 1. The molecular weight excluding hydrogens is 316 g/mol. The van der Waals surface area contributed by atoms with Crippen LogP contribution in [0.15, 0.2) is 28.7 Å². The molecule has 0 saturated heterocycles.